The van der Waals surface area contributed by atoms with Crippen LogP contribution in [-0.2, 0) is 6.42 Å². The van der Waals surface area contributed by atoms with Crippen molar-refractivity contribution in [3.63, 3.8) is 0 Å². The van der Waals surface area contributed by atoms with Crippen molar-refractivity contribution in [3.8, 4) is 0 Å². The van der Waals surface area contributed by atoms with Crippen LogP contribution in [0.2, 0.25) is 0 Å². The molecule has 1 nitrogen and oxygen atoms in total. The molecule has 1 aromatic carbocycles. The molecule has 1 aliphatic carbocycles. The Labute approximate surface area is 131 Å². The summed E-state index contributed by atoms with van der Waals surface area (Å²) in [5.74, 6) is 1.04. The third kappa shape index (κ3) is 5.73. The van der Waals surface area contributed by atoms with Crippen molar-refractivity contribution in [1.82, 2.24) is 0 Å². The number of aryl methyl sites for hydroxylation is 1. The molecule has 0 aliphatic heterocycles. The van der Waals surface area contributed by atoms with E-state index in [0.717, 1.165) is 5.92 Å². The zero-order chi connectivity index (χ0) is 14.9. The lowest BCUT2D eigenvalue weighted by Gasteiger charge is -2.23. The number of rotatable bonds is 8. The Morgan fingerprint density at radius 1 is 1.00 bits per heavy atom. The van der Waals surface area contributed by atoms with Gasteiger partial charge in [0.05, 0.1) is 0 Å². The van der Waals surface area contributed by atoms with Crippen LogP contribution in [0.25, 0.3) is 0 Å². The van der Waals surface area contributed by atoms with E-state index >= 15 is 0 Å². The van der Waals surface area contributed by atoms with Crippen molar-refractivity contribution in [2.24, 2.45) is 5.92 Å². The molecular formula is C20H33N. The summed E-state index contributed by atoms with van der Waals surface area (Å²) in [6.07, 6.45) is 14.1. The first-order chi connectivity index (χ1) is 10.3. The zero-order valence-electron chi connectivity index (χ0n) is 14.1. The van der Waals surface area contributed by atoms with Crippen LogP contribution >= 0.6 is 0 Å². The molecule has 1 heteroatoms. The first-order valence-corrected chi connectivity index (χ1v) is 9.09. The van der Waals surface area contributed by atoms with E-state index in [0.29, 0.717) is 0 Å². The van der Waals surface area contributed by atoms with Gasteiger partial charge < -0.3 is 4.90 Å². The zero-order valence-corrected chi connectivity index (χ0v) is 14.1. The minimum absolute atomic E-state index is 1.04. The average molecular weight is 287 g/mol. The van der Waals surface area contributed by atoms with Gasteiger partial charge in [-0.15, -0.1) is 0 Å². The van der Waals surface area contributed by atoms with Crippen LogP contribution in [0.4, 0.5) is 5.69 Å². The van der Waals surface area contributed by atoms with Crippen LogP contribution < -0.4 is 4.90 Å². The van der Waals surface area contributed by atoms with Crippen molar-refractivity contribution >= 4 is 5.69 Å². The van der Waals surface area contributed by atoms with Gasteiger partial charge in [0, 0.05) is 19.3 Å². The third-order valence-electron chi connectivity index (χ3n) is 5.00. The smallest absolute Gasteiger partial charge is 0.0363 e. The second-order valence-electron chi connectivity index (χ2n) is 6.84. The lowest BCUT2D eigenvalue weighted by molar-refractivity contribution is 0.330. The van der Waals surface area contributed by atoms with Crippen molar-refractivity contribution in [1.29, 1.82) is 0 Å². The predicted molar refractivity (Wildman–Crippen MR) is 94.1 cm³/mol. The fourth-order valence-electron chi connectivity index (χ4n) is 3.59. The molecule has 1 aliphatic rings. The molecule has 2 rings (SSSR count). The molecule has 0 unspecified atom stereocenters. The van der Waals surface area contributed by atoms with Gasteiger partial charge in [-0.1, -0.05) is 70.4 Å². The molecule has 0 atom stereocenters. The molecule has 0 heterocycles. The summed E-state index contributed by atoms with van der Waals surface area (Å²) in [6, 6.07) is 9.15. The summed E-state index contributed by atoms with van der Waals surface area (Å²) in [6.45, 7) is 3.44. The topological polar surface area (TPSA) is 3.24 Å². The molecule has 0 N–H and O–H groups in total. The Morgan fingerprint density at radius 3 is 2.38 bits per heavy atom. The Balaban J connectivity index is 1.65. The van der Waals surface area contributed by atoms with Crippen LogP contribution in [0.5, 0.6) is 0 Å². The fourth-order valence-corrected chi connectivity index (χ4v) is 3.59. The van der Waals surface area contributed by atoms with Crippen molar-refractivity contribution in [2.45, 2.75) is 71.1 Å². The van der Waals surface area contributed by atoms with Gasteiger partial charge in [-0.25, -0.2) is 0 Å². The van der Waals surface area contributed by atoms with E-state index in [-0.39, 0.29) is 0 Å². The lowest BCUT2D eigenvalue weighted by atomic mass is 9.86. The molecule has 0 bridgehead atoms. The van der Waals surface area contributed by atoms with Crippen LogP contribution in [0.1, 0.15) is 70.3 Å². The van der Waals surface area contributed by atoms with Crippen LogP contribution in [0.15, 0.2) is 24.3 Å². The summed E-state index contributed by atoms with van der Waals surface area (Å²) in [5.41, 5.74) is 2.83. The molecule has 0 saturated heterocycles. The standard InChI is InChI=1S/C20H33N/c1-3-9-18-13-15-20(16-14-18)21(2)17-8-7-12-19-10-5-4-6-11-19/h13-16,19H,3-12,17H2,1-2H3. The summed E-state index contributed by atoms with van der Waals surface area (Å²) in [5, 5.41) is 0. The third-order valence-corrected chi connectivity index (χ3v) is 5.00. The average Bonchev–Trinajstić information content (AvgIpc) is 2.53. The van der Waals surface area contributed by atoms with E-state index in [9.17, 15) is 0 Å². The van der Waals surface area contributed by atoms with E-state index in [1.165, 1.54) is 82.0 Å². The van der Waals surface area contributed by atoms with Gasteiger partial charge in [0.25, 0.3) is 0 Å². The first-order valence-electron chi connectivity index (χ1n) is 9.09. The van der Waals surface area contributed by atoms with Crippen molar-refractivity contribution < 1.29 is 0 Å². The summed E-state index contributed by atoms with van der Waals surface area (Å²) in [7, 11) is 2.23. The summed E-state index contributed by atoms with van der Waals surface area (Å²) < 4.78 is 0. The van der Waals surface area contributed by atoms with Gasteiger partial charge in [-0.05, 0) is 36.5 Å². The fraction of sp³-hybridized carbons (Fsp3) is 0.700. The van der Waals surface area contributed by atoms with E-state index in [4.69, 9.17) is 0 Å². The molecule has 21 heavy (non-hydrogen) atoms. The molecule has 0 amide bonds. The number of hydrogen-bond acceptors (Lipinski definition) is 1. The van der Waals surface area contributed by atoms with Crippen LogP contribution in [0.3, 0.4) is 0 Å². The van der Waals surface area contributed by atoms with Gasteiger partial charge in [0.1, 0.15) is 0 Å². The quantitative estimate of drug-likeness (QED) is 0.544. The summed E-state index contributed by atoms with van der Waals surface area (Å²) >= 11 is 0. The highest BCUT2D eigenvalue weighted by atomic mass is 15.1. The summed E-state index contributed by atoms with van der Waals surface area (Å²) in [4.78, 5) is 2.41. The number of hydrogen-bond donors (Lipinski definition) is 0. The maximum atomic E-state index is 2.41. The number of anilines is 1. The molecule has 0 spiro atoms. The highest BCUT2D eigenvalue weighted by Crippen LogP contribution is 2.27. The molecule has 0 aromatic heterocycles. The Morgan fingerprint density at radius 2 is 1.71 bits per heavy atom. The molecule has 118 valence electrons. The van der Waals surface area contributed by atoms with Crippen molar-refractivity contribution in [3.05, 3.63) is 29.8 Å². The minimum Gasteiger partial charge on any atom is -0.375 e. The van der Waals surface area contributed by atoms with Gasteiger partial charge in [-0.3, -0.25) is 0 Å². The lowest BCUT2D eigenvalue weighted by Crippen LogP contribution is -2.18. The van der Waals surface area contributed by atoms with Gasteiger partial charge in [0.2, 0.25) is 0 Å². The highest BCUT2D eigenvalue weighted by Gasteiger charge is 2.12. The van der Waals surface area contributed by atoms with E-state index < -0.39 is 0 Å². The maximum Gasteiger partial charge on any atom is 0.0363 e. The Kier molecular flexibility index (Phi) is 7.12. The first kappa shape index (κ1) is 16.4. The Hall–Kier alpha value is -0.980. The van der Waals surface area contributed by atoms with Gasteiger partial charge in [-0.2, -0.15) is 0 Å². The predicted octanol–water partition coefficient (Wildman–Crippen LogP) is 5.83. The maximum absolute atomic E-state index is 2.41. The molecule has 1 aromatic rings. The largest absolute Gasteiger partial charge is 0.375 e. The van der Waals surface area contributed by atoms with Crippen LogP contribution in [-0.4, -0.2) is 13.6 Å². The number of unbranched alkanes of at least 4 members (excludes halogenated alkanes) is 1. The van der Waals surface area contributed by atoms with Crippen molar-refractivity contribution in [2.75, 3.05) is 18.5 Å². The normalized spacial score (nSPS) is 16.1. The molecule has 1 fully saturated rings. The monoisotopic (exact) mass is 287 g/mol. The number of nitrogens with zero attached hydrogens (tertiary/aromatic N) is 1. The van der Waals surface area contributed by atoms with Gasteiger partial charge >= 0.3 is 0 Å². The van der Waals surface area contributed by atoms with E-state index in [1.54, 1.807) is 0 Å². The molecular weight excluding hydrogens is 254 g/mol. The Bertz CT molecular complexity index is 375. The second kappa shape index (κ2) is 9.12. The SMILES string of the molecule is CCCc1ccc(N(C)CCCCC2CCCCC2)cc1. The molecule has 0 radical (unpaired) electrons. The highest BCUT2D eigenvalue weighted by molar-refractivity contribution is 5.46. The molecule has 1 saturated carbocycles. The minimum atomic E-state index is 1.04. The van der Waals surface area contributed by atoms with E-state index in [2.05, 4.69) is 43.1 Å². The second-order valence-corrected chi connectivity index (χ2v) is 6.84. The number of benzene rings is 1. The van der Waals surface area contributed by atoms with E-state index in [1.807, 2.05) is 0 Å². The van der Waals surface area contributed by atoms with Crippen LogP contribution in [0, 0.1) is 5.92 Å². The van der Waals surface area contributed by atoms with Gasteiger partial charge in [0.15, 0.2) is 0 Å².